The van der Waals surface area contributed by atoms with E-state index in [9.17, 15) is 9.59 Å². The first-order valence-corrected chi connectivity index (χ1v) is 6.95. The molecular formula is C13H27N3O4. The molecule has 0 heterocycles. The molecule has 0 aromatic rings. The molecule has 0 saturated heterocycles. The van der Waals surface area contributed by atoms with Crippen LogP contribution in [0, 0.1) is 0 Å². The van der Waals surface area contributed by atoms with E-state index in [-0.39, 0.29) is 0 Å². The van der Waals surface area contributed by atoms with Crippen LogP contribution in [0.3, 0.4) is 0 Å². The molecule has 0 aromatic heterocycles. The molecule has 2 amide bonds. The monoisotopic (exact) mass is 289 g/mol. The minimum Gasteiger partial charge on any atom is -0.480 e. The van der Waals surface area contributed by atoms with Gasteiger partial charge in [0.15, 0.2) is 0 Å². The summed E-state index contributed by atoms with van der Waals surface area (Å²) in [5, 5.41) is 14.1. The molecule has 0 aliphatic heterocycles. The maximum atomic E-state index is 11.6. The number of likely N-dealkylation sites (N-methyl/N-ethyl adjacent to an activating group) is 1. The summed E-state index contributed by atoms with van der Waals surface area (Å²) in [5.41, 5.74) is 0. The first kappa shape index (κ1) is 18.7. The summed E-state index contributed by atoms with van der Waals surface area (Å²) in [6.07, 6.45) is 2.13. The molecule has 0 saturated carbocycles. The van der Waals surface area contributed by atoms with Crippen LogP contribution in [0.2, 0.25) is 0 Å². The van der Waals surface area contributed by atoms with Crippen molar-refractivity contribution in [2.24, 2.45) is 0 Å². The number of unbranched alkanes of at least 4 members (excludes halogenated alkanes) is 1. The Hall–Kier alpha value is -1.34. The summed E-state index contributed by atoms with van der Waals surface area (Å²) in [5.74, 6) is -0.995. The predicted molar refractivity (Wildman–Crippen MR) is 76.9 cm³/mol. The van der Waals surface area contributed by atoms with Crippen molar-refractivity contribution in [3.63, 3.8) is 0 Å². The van der Waals surface area contributed by atoms with E-state index in [0.717, 1.165) is 19.4 Å². The quantitative estimate of drug-likeness (QED) is 0.515. The normalized spacial score (nSPS) is 12.2. The fourth-order valence-corrected chi connectivity index (χ4v) is 1.59. The van der Waals surface area contributed by atoms with Gasteiger partial charge in [0, 0.05) is 26.7 Å². The van der Waals surface area contributed by atoms with E-state index in [2.05, 4.69) is 10.6 Å². The summed E-state index contributed by atoms with van der Waals surface area (Å²) in [4.78, 5) is 24.6. The van der Waals surface area contributed by atoms with Crippen LogP contribution >= 0.6 is 0 Å². The van der Waals surface area contributed by atoms with Crippen LogP contribution in [-0.4, -0.2) is 68.4 Å². The van der Waals surface area contributed by atoms with Crippen LogP contribution in [-0.2, 0) is 9.53 Å². The maximum absolute atomic E-state index is 11.6. The lowest BCUT2D eigenvalue weighted by Gasteiger charge is -2.18. The number of hydrogen-bond acceptors (Lipinski definition) is 4. The Balaban J connectivity index is 3.87. The number of carbonyl (C=O) groups is 2. The first-order chi connectivity index (χ1) is 9.51. The molecular weight excluding hydrogens is 262 g/mol. The Labute approximate surface area is 120 Å². The van der Waals surface area contributed by atoms with Crippen molar-refractivity contribution < 1.29 is 19.4 Å². The fourth-order valence-electron chi connectivity index (χ4n) is 1.59. The largest absolute Gasteiger partial charge is 0.480 e. The Bertz CT molecular complexity index is 287. The van der Waals surface area contributed by atoms with Crippen LogP contribution in [0.15, 0.2) is 0 Å². The SMILES string of the molecule is CCCCC(NC(=O)NCCN(C)CCOC)C(=O)O. The third-order valence-electron chi connectivity index (χ3n) is 2.91. The highest BCUT2D eigenvalue weighted by atomic mass is 16.5. The smallest absolute Gasteiger partial charge is 0.326 e. The van der Waals surface area contributed by atoms with Gasteiger partial charge >= 0.3 is 12.0 Å². The zero-order valence-electron chi connectivity index (χ0n) is 12.6. The maximum Gasteiger partial charge on any atom is 0.326 e. The van der Waals surface area contributed by atoms with Gasteiger partial charge in [0.25, 0.3) is 0 Å². The third-order valence-corrected chi connectivity index (χ3v) is 2.91. The first-order valence-electron chi connectivity index (χ1n) is 6.95. The van der Waals surface area contributed by atoms with Crippen molar-refractivity contribution >= 4 is 12.0 Å². The van der Waals surface area contributed by atoms with Gasteiger partial charge in [0.05, 0.1) is 6.61 Å². The van der Waals surface area contributed by atoms with Crippen molar-refractivity contribution in [1.82, 2.24) is 15.5 Å². The summed E-state index contributed by atoms with van der Waals surface area (Å²) in [6.45, 7) is 4.55. The molecule has 1 atom stereocenters. The number of carboxylic acid groups (broad SMARTS) is 1. The van der Waals surface area contributed by atoms with Gasteiger partial charge in [-0.05, 0) is 13.5 Å². The molecule has 7 nitrogen and oxygen atoms in total. The lowest BCUT2D eigenvalue weighted by atomic mass is 10.1. The van der Waals surface area contributed by atoms with Crippen LogP contribution in [0.5, 0.6) is 0 Å². The van der Waals surface area contributed by atoms with Gasteiger partial charge in [-0.15, -0.1) is 0 Å². The van der Waals surface area contributed by atoms with Gasteiger partial charge in [0.2, 0.25) is 0 Å². The molecule has 20 heavy (non-hydrogen) atoms. The lowest BCUT2D eigenvalue weighted by Crippen LogP contribution is -2.47. The molecule has 7 heteroatoms. The Morgan fingerprint density at radius 2 is 2.05 bits per heavy atom. The van der Waals surface area contributed by atoms with Crippen LogP contribution in [0.4, 0.5) is 4.79 Å². The van der Waals surface area contributed by atoms with Gasteiger partial charge in [0.1, 0.15) is 6.04 Å². The number of urea groups is 1. The van der Waals surface area contributed by atoms with Crippen molar-refractivity contribution in [2.75, 3.05) is 40.4 Å². The molecule has 0 radical (unpaired) electrons. The summed E-state index contributed by atoms with van der Waals surface area (Å²) in [6, 6.07) is -1.25. The molecule has 0 aliphatic carbocycles. The van der Waals surface area contributed by atoms with Crippen molar-refractivity contribution in [3.8, 4) is 0 Å². The van der Waals surface area contributed by atoms with Crippen molar-refractivity contribution in [3.05, 3.63) is 0 Å². The number of hydrogen-bond donors (Lipinski definition) is 3. The van der Waals surface area contributed by atoms with Gasteiger partial charge in [-0.2, -0.15) is 0 Å². The summed E-state index contributed by atoms with van der Waals surface area (Å²) >= 11 is 0. The average Bonchev–Trinajstić information content (AvgIpc) is 2.40. The van der Waals surface area contributed by atoms with Crippen molar-refractivity contribution in [1.29, 1.82) is 0 Å². The lowest BCUT2D eigenvalue weighted by molar-refractivity contribution is -0.139. The van der Waals surface area contributed by atoms with Crippen LogP contribution in [0.25, 0.3) is 0 Å². The van der Waals surface area contributed by atoms with E-state index in [4.69, 9.17) is 9.84 Å². The molecule has 0 aliphatic rings. The molecule has 1 unspecified atom stereocenters. The minimum absolute atomic E-state index is 0.436. The second kappa shape index (κ2) is 11.5. The van der Waals surface area contributed by atoms with E-state index < -0.39 is 18.0 Å². The number of methoxy groups -OCH3 is 1. The average molecular weight is 289 g/mol. The van der Waals surface area contributed by atoms with Crippen molar-refractivity contribution in [2.45, 2.75) is 32.2 Å². The number of rotatable bonds is 11. The van der Waals surface area contributed by atoms with E-state index in [1.807, 2.05) is 18.9 Å². The Morgan fingerprint density at radius 3 is 2.60 bits per heavy atom. The standard InChI is InChI=1S/C13H27N3O4/c1-4-5-6-11(12(17)18)15-13(19)14-7-8-16(2)9-10-20-3/h11H,4-10H2,1-3H3,(H,17,18)(H2,14,15,19). The zero-order valence-corrected chi connectivity index (χ0v) is 12.6. The highest BCUT2D eigenvalue weighted by Crippen LogP contribution is 2.00. The second-order valence-corrected chi connectivity index (χ2v) is 4.73. The molecule has 0 fully saturated rings. The molecule has 3 N–H and O–H groups in total. The number of nitrogens with one attached hydrogen (secondary N) is 2. The summed E-state index contributed by atoms with van der Waals surface area (Å²) < 4.78 is 4.95. The van der Waals surface area contributed by atoms with E-state index in [1.54, 1.807) is 7.11 Å². The number of carboxylic acids is 1. The Morgan fingerprint density at radius 1 is 1.35 bits per heavy atom. The van der Waals surface area contributed by atoms with Gasteiger partial charge < -0.3 is 25.4 Å². The molecule has 118 valence electrons. The molecule has 0 spiro atoms. The van der Waals surface area contributed by atoms with Crippen LogP contribution in [0.1, 0.15) is 26.2 Å². The number of carbonyl (C=O) groups excluding carboxylic acids is 1. The van der Waals surface area contributed by atoms with Gasteiger partial charge in [-0.3, -0.25) is 0 Å². The zero-order chi connectivity index (χ0) is 15.4. The summed E-state index contributed by atoms with van der Waals surface area (Å²) in [7, 11) is 3.57. The number of amides is 2. The minimum atomic E-state index is -0.995. The number of aliphatic carboxylic acids is 1. The van der Waals surface area contributed by atoms with Gasteiger partial charge in [-0.25, -0.2) is 9.59 Å². The van der Waals surface area contributed by atoms with E-state index in [1.165, 1.54) is 0 Å². The Kier molecular flexibility index (Phi) is 10.7. The van der Waals surface area contributed by atoms with Gasteiger partial charge in [-0.1, -0.05) is 19.8 Å². The highest BCUT2D eigenvalue weighted by Gasteiger charge is 2.18. The molecule has 0 aromatic carbocycles. The molecule has 0 bridgehead atoms. The molecule has 0 rings (SSSR count). The second-order valence-electron chi connectivity index (χ2n) is 4.73. The van der Waals surface area contributed by atoms with E-state index >= 15 is 0 Å². The fraction of sp³-hybridized carbons (Fsp3) is 0.846. The topological polar surface area (TPSA) is 90.9 Å². The van der Waals surface area contributed by atoms with Crippen LogP contribution < -0.4 is 10.6 Å². The highest BCUT2D eigenvalue weighted by molar-refractivity contribution is 5.82. The van der Waals surface area contributed by atoms with E-state index in [0.29, 0.717) is 26.1 Å². The number of nitrogens with zero attached hydrogens (tertiary/aromatic N) is 1. The third kappa shape index (κ3) is 9.57. The predicted octanol–water partition coefficient (Wildman–Crippen LogP) is 0.507. The number of ether oxygens (including phenoxy) is 1.